The topological polar surface area (TPSA) is 12.0 Å². The minimum atomic E-state index is -0.206. The molecule has 0 atom stereocenters. The fourth-order valence-corrected chi connectivity index (χ4v) is 1.09. The Balaban J connectivity index is 3.43. The van der Waals surface area contributed by atoms with Gasteiger partial charge in [0.25, 0.3) is 0 Å². The van der Waals surface area contributed by atoms with Gasteiger partial charge in [-0.15, -0.1) is 0 Å². The van der Waals surface area contributed by atoms with Crippen LogP contribution in [0.1, 0.15) is 6.92 Å². The van der Waals surface area contributed by atoms with Crippen LogP contribution in [0.3, 0.4) is 0 Å². The molecule has 12 heavy (non-hydrogen) atoms. The molecule has 2 heteroatoms. The van der Waals surface area contributed by atoms with Crippen molar-refractivity contribution in [3.8, 4) is 0 Å². The van der Waals surface area contributed by atoms with Gasteiger partial charge in [-0.05, 0) is 29.5 Å². The summed E-state index contributed by atoms with van der Waals surface area (Å²) < 4.78 is 12.7. The third-order valence-electron chi connectivity index (χ3n) is 1.66. The van der Waals surface area contributed by atoms with Crippen LogP contribution in [0.4, 0.5) is 4.39 Å². The molecule has 1 N–H and O–H groups in total. The summed E-state index contributed by atoms with van der Waals surface area (Å²) in [6.07, 6.45) is 3.72. The second-order valence-corrected chi connectivity index (χ2v) is 2.49. The standard InChI is InChI=1S/C10H12FN/c1-3-8-4-5-10(11)6-9(8)7-12-2/h3-7,12H,1-2H3/b8-3-,9-7-. The lowest BCUT2D eigenvalue weighted by Gasteiger charge is -1.91. The highest BCUT2D eigenvalue weighted by Gasteiger charge is 1.88. The van der Waals surface area contributed by atoms with Gasteiger partial charge >= 0.3 is 0 Å². The van der Waals surface area contributed by atoms with Crippen LogP contribution >= 0.6 is 0 Å². The molecule has 0 fully saturated rings. The van der Waals surface area contributed by atoms with E-state index in [9.17, 15) is 4.39 Å². The second-order valence-electron chi connectivity index (χ2n) is 2.49. The van der Waals surface area contributed by atoms with E-state index in [2.05, 4.69) is 5.32 Å². The molecule has 0 heterocycles. The molecule has 0 bridgehead atoms. The summed E-state index contributed by atoms with van der Waals surface area (Å²) in [6.45, 7) is 1.93. The monoisotopic (exact) mass is 165 g/mol. The minimum absolute atomic E-state index is 0.206. The van der Waals surface area contributed by atoms with E-state index in [0.29, 0.717) is 0 Å². The highest BCUT2D eigenvalue weighted by atomic mass is 19.1. The van der Waals surface area contributed by atoms with Crippen molar-refractivity contribution in [2.75, 3.05) is 7.05 Å². The molecule has 0 unspecified atom stereocenters. The van der Waals surface area contributed by atoms with Crippen LogP contribution in [-0.2, 0) is 0 Å². The van der Waals surface area contributed by atoms with Crippen LogP contribution in [0, 0.1) is 5.82 Å². The fourth-order valence-electron chi connectivity index (χ4n) is 1.09. The van der Waals surface area contributed by atoms with Gasteiger partial charge in [0.15, 0.2) is 0 Å². The molecule has 64 valence electrons. The van der Waals surface area contributed by atoms with Gasteiger partial charge in [0.1, 0.15) is 5.82 Å². The van der Waals surface area contributed by atoms with E-state index in [0.717, 1.165) is 10.4 Å². The maximum atomic E-state index is 12.7. The van der Waals surface area contributed by atoms with Crippen molar-refractivity contribution in [1.82, 2.24) is 5.32 Å². The summed E-state index contributed by atoms with van der Waals surface area (Å²) in [5, 5.41) is 4.78. The molecule has 0 aliphatic carbocycles. The van der Waals surface area contributed by atoms with Crippen molar-refractivity contribution < 1.29 is 4.39 Å². The van der Waals surface area contributed by atoms with Gasteiger partial charge in [-0.25, -0.2) is 4.39 Å². The molecule has 1 rings (SSSR count). The minimum Gasteiger partial charge on any atom is -0.393 e. The molecule has 0 amide bonds. The normalized spacial score (nSPS) is 13.6. The summed E-state index contributed by atoms with van der Waals surface area (Å²) in [6, 6.07) is 4.73. The Hall–Kier alpha value is -1.31. The van der Waals surface area contributed by atoms with Crippen molar-refractivity contribution in [1.29, 1.82) is 0 Å². The third kappa shape index (κ3) is 1.84. The molecule has 0 aliphatic heterocycles. The smallest absolute Gasteiger partial charge is 0.123 e. The van der Waals surface area contributed by atoms with Gasteiger partial charge in [-0.1, -0.05) is 12.1 Å². The van der Waals surface area contributed by atoms with E-state index >= 15 is 0 Å². The second kappa shape index (κ2) is 3.90. The third-order valence-corrected chi connectivity index (χ3v) is 1.66. The Bertz CT molecular complexity index is 368. The van der Waals surface area contributed by atoms with E-state index in [1.807, 2.05) is 13.0 Å². The fraction of sp³-hybridized carbons (Fsp3) is 0.200. The molecule has 1 aromatic carbocycles. The maximum absolute atomic E-state index is 12.7. The van der Waals surface area contributed by atoms with Crippen molar-refractivity contribution in [3.63, 3.8) is 0 Å². The summed E-state index contributed by atoms with van der Waals surface area (Å²) in [5.74, 6) is -0.206. The number of hydrogen-bond acceptors (Lipinski definition) is 1. The van der Waals surface area contributed by atoms with Gasteiger partial charge in [-0.3, -0.25) is 0 Å². The van der Waals surface area contributed by atoms with Crippen LogP contribution in [0.5, 0.6) is 0 Å². The molecule has 0 saturated heterocycles. The molecule has 1 aromatic rings. The molecular weight excluding hydrogens is 153 g/mol. The molecular formula is C10H12FN. The maximum Gasteiger partial charge on any atom is 0.123 e. The average Bonchev–Trinajstić information content (AvgIpc) is 2.05. The van der Waals surface area contributed by atoms with Gasteiger partial charge in [-0.2, -0.15) is 0 Å². The molecule has 0 aromatic heterocycles. The zero-order valence-corrected chi connectivity index (χ0v) is 7.26. The van der Waals surface area contributed by atoms with Gasteiger partial charge < -0.3 is 5.32 Å². The van der Waals surface area contributed by atoms with Crippen molar-refractivity contribution >= 4 is 12.3 Å². The van der Waals surface area contributed by atoms with Crippen molar-refractivity contribution in [2.24, 2.45) is 0 Å². The van der Waals surface area contributed by atoms with Gasteiger partial charge in [0, 0.05) is 13.2 Å². The Labute approximate surface area is 71.2 Å². The Kier molecular flexibility index (Phi) is 2.86. The molecule has 0 aliphatic rings. The zero-order valence-electron chi connectivity index (χ0n) is 7.26. The zero-order chi connectivity index (χ0) is 8.97. The largest absolute Gasteiger partial charge is 0.393 e. The Morgan fingerprint density at radius 2 is 2.08 bits per heavy atom. The first-order valence-corrected chi connectivity index (χ1v) is 3.87. The first-order chi connectivity index (χ1) is 5.77. The molecule has 0 saturated carbocycles. The van der Waals surface area contributed by atoms with Gasteiger partial charge in [0.05, 0.1) is 0 Å². The number of nitrogens with one attached hydrogen (secondary N) is 1. The average molecular weight is 165 g/mol. The first-order valence-electron chi connectivity index (χ1n) is 3.87. The number of halogens is 1. The Morgan fingerprint density at radius 3 is 2.67 bits per heavy atom. The molecule has 1 nitrogen and oxygen atoms in total. The number of hydrogen-bond donors (Lipinski definition) is 1. The van der Waals surface area contributed by atoms with E-state index in [4.69, 9.17) is 0 Å². The van der Waals surface area contributed by atoms with E-state index in [1.165, 1.54) is 12.1 Å². The van der Waals surface area contributed by atoms with E-state index < -0.39 is 0 Å². The molecule has 0 spiro atoms. The van der Waals surface area contributed by atoms with Crippen LogP contribution in [0.25, 0.3) is 12.3 Å². The summed E-state index contributed by atoms with van der Waals surface area (Å²) in [7, 11) is 1.80. The number of rotatable bonds is 1. The van der Waals surface area contributed by atoms with E-state index in [-0.39, 0.29) is 5.82 Å². The van der Waals surface area contributed by atoms with Crippen molar-refractivity contribution in [3.05, 3.63) is 34.5 Å². The van der Waals surface area contributed by atoms with Crippen molar-refractivity contribution in [2.45, 2.75) is 6.92 Å². The highest BCUT2D eigenvalue weighted by molar-refractivity contribution is 5.29. The van der Waals surface area contributed by atoms with Crippen LogP contribution < -0.4 is 15.8 Å². The summed E-state index contributed by atoms with van der Waals surface area (Å²) >= 11 is 0. The summed E-state index contributed by atoms with van der Waals surface area (Å²) in [5.41, 5.74) is 0. The van der Waals surface area contributed by atoms with Crippen LogP contribution in [0.15, 0.2) is 18.2 Å². The lowest BCUT2D eigenvalue weighted by molar-refractivity contribution is 0.626. The van der Waals surface area contributed by atoms with Crippen LogP contribution in [0.2, 0.25) is 0 Å². The quantitative estimate of drug-likeness (QED) is 0.642. The lowest BCUT2D eigenvalue weighted by atomic mass is 10.2. The SMILES string of the molecule is C/C=c1/ccc(F)c/c1=C/NC. The van der Waals surface area contributed by atoms with Crippen LogP contribution in [-0.4, -0.2) is 7.05 Å². The number of benzene rings is 1. The Morgan fingerprint density at radius 1 is 1.33 bits per heavy atom. The molecule has 0 radical (unpaired) electrons. The lowest BCUT2D eigenvalue weighted by Crippen LogP contribution is -2.26. The predicted molar refractivity (Wildman–Crippen MR) is 49.3 cm³/mol. The summed E-state index contributed by atoms with van der Waals surface area (Å²) in [4.78, 5) is 0. The van der Waals surface area contributed by atoms with Gasteiger partial charge in [0.2, 0.25) is 0 Å². The first kappa shape index (κ1) is 8.78. The predicted octanol–water partition coefficient (Wildman–Crippen LogP) is 0.584. The highest BCUT2D eigenvalue weighted by Crippen LogP contribution is 1.85. The van der Waals surface area contributed by atoms with E-state index in [1.54, 1.807) is 19.3 Å².